The van der Waals surface area contributed by atoms with E-state index in [9.17, 15) is 14.4 Å². The summed E-state index contributed by atoms with van der Waals surface area (Å²) in [4.78, 5) is 48.7. The minimum atomic E-state index is -0.360. The molecule has 1 aliphatic rings. The third kappa shape index (κ3) is 4.61. The van der Waals surface area contributed by atoms with Crippen LogP contribution in [0.15, 0.2) is 15.5 Å². The summed E-state index contributed by atoms with van der Waals surface area (Å²) in [5.41, 5.74) is -0.132. The summed E-state index contributed by atoms with van der Waals surface area (Å²) < 4.78 is 11.5. The van der Waals surface area contributed by atoms with Crippen LogP contribution in [0, 0.1) is 13.8 Å². The molecule has 3 heterocycles. The zero-order chi connectivity index (χ0) is 21.0. The zero-order valence-corrected chi connectivity index (χ0v) is 16.8. The Bertz CT molecular complexity index is 944. The van der Waals surface area contributed by atoms with Crippen LogP contribution in [0.5, 0.6) is 0 Å². The third-order valence-electron chi connectivity index (χ3n) is 4.71. The molecular formula is C18H24N6O5. The minimum absolute atomic E-state index is 0.0844. The summed E-state index contributed by atoms with van der Waals surface area (Å²) in [6, 6.07) is 0. The first-order chi connectivity index (χ1) is 13.9. The molecule has 11 nitrogen and oxygen atoms in total. The molecule has 1 saturated heterocycles. The Labute approximate surface area is 167 Å². The van der Waals surface area contributed by atoms with Crippen molar-refractivity contribution >= 4 is 12.0 Å². The molecule has 0 radical (unpaired) electrons. The Kier molecular flexibility index (Phi) is 6.25. The van der Waals surface area contributed by atoms with Crippen LogP contribution in [0.1, 0.15) is 25.0 Å². The largest absolute Gasteiger partial charge is 0.450 e. The molecule has 11 heteroatoms. The summed E-state index contributed by atoms with van der Waals surface area (Å²) in [7, 11) is 0. The monoisotopic (exact) mass is 404 g/mol. The average molecular weight is 404 g/mol. The van der Waals surface area contributed by atoms with Gasteiger partial charge in [-0.1, -0.05) is 5.16 Å². The Balaban J connectivity index is 1.62. The molecule has 0 saturated carbocycles. The van der Waals surface area contributed by atoms with Gasteiger partial charge in [-0.25, -0.2) is 9.78 Å². The molecular weight excluding hydrogens is 380 g/mol. The van der Waals surface area contributed by atoms with Crippen molar-refractivity contribution in [3.05, 3.63) is 28.2 Å². The van der Waals surface area contributed by atoms with Crippen molar-refractivity contribution in [1.29, 1.82) is 0 Å². The van der Waals surface area contributed by atoms with E-state index in [0.717, 1.165) is 0 Å². The number of carbonyl (C=O) groups is 2. The lowest BCUT2D eigenvalue weighted by atomic mass is 10.2. The molecule has 1 fully saturated rings. The lowest BCUT2D eigenvalue weighted by Gasteiger charge is -2.34. The van der Waals surface area contributed by atoms with Crippen LogP contribution < -0.4 is 5.56 Å². The number of hydrogen-bond donors (Lipinski definition) is 0. The second-order valence-electron chi connectivity index (χ2n) is 6.64. The van der Waals surface area contributed by atoms with Gasteiger partial charge in [-0.15, -0.1) is 0 Å². The van der Waals surface area contributed by atoms with Gasteiger partial charge in [-0.2, -0.15) is 4.98 Å². The molecule has 156 valence electrons. The second-order valence-corrected chi connectivity index (χ2v) is 6.64. The standard InChI is InChI=1S/C18H24N6O5/c1-4-28-18(27)23-9-7-22(8-10-23)15(25)5-6-24-13(3)19-11-14(17(24)26)16-20-12(2)21-29-16/h11H,4-10H2,1-3H3. The van der Waals surface area contributed by atoms with E-state index >= 15 is 0 Å². The van der Waals surface area contributed by atoms with E-state index in [-0.39, 0.29) is 42.0 Å². The Morgan fingerprint density at radius 2 is 1.86 bits per heavy atom. The first-order valence-electron chi connectivity index (χ1n) is 9.47. The number of rotatable bonds is 5. The smallest absolute Gasteiger partial charge is 0.409 e. The van der Waals surface area contributed by atoms with Crippen LogP contribution in [0.2, 0.25) is 0 Å². The zero-order valence-electron chi connectivity index (χ0n) is 16.8. The molecule has 3 rings (SSSR count). The van der Waals surface area contributed by atoms with Crippen LogP contribution in [0.3, 0.4) is 0 Å². The number of aromatic nitrogens is 4. The Hall–Kier alpha value is -3.24. The maximum Gasteiger partial charge on any atom is 0.409 e. The number of hydrogen-bond acceptors (Lipinski definition) is 8. The van der Waals surface area contributed by atoms with E-state index in [0.29, 0.717) is 44.4 Å². The van der Waals surface area contributed by atoms with E-state index in [4.69, 9.17) is 9.26 Å². The van der Waals surface area contributed by atoms with E-state index in [1.807, 2.05) is 0 Å². The number of ether oxygens (including phenoxy) is 1. The van der Waals surface area contributed by atoms with Crippen molar-refractivity contribution in [2.24, 2.45) is 0 Å². The maximum atomic E-state index is 12.8. The fourth-order valence-electron chi connectivity index (χ4n) is 3.11. The molecule has 1 aliphatic heterocycles. The normalized spacial score (nSPS) is 14.2. The van der Waals surface area contributed by atoms with Crippen molar-refractivity contribution < 1.29 is 18.8 Å². The van der Waals surface area contributed by atoms with Gasteiger partial charge in [0.1, 0.15) is 11.4 Å². The summed E-state index contributed by atoms with van der Waals surface area (Å²) in [5.74, 6) is 0.938. The number of piperazine rings is 1. The van der Waals surface area contributed by atoms with E-state index in [1.54, 1.807) is 30.6 Å². The molecule has 2 amide bonds. The maximum absolute atomic E-state index is 12.8. The summed E-state index contributed by atoms with van der Waals surface area (Å²) in [5, 5.41) is 3.69. The number of amides is 2. The first kappa shape index (κ1) is 20.5. The molecule has 0 unspecified atom stereocenters. The van der Waals surface area contributed by atoms with Gasteiger partial charge in [0.15, 0.2) is 5.82 Å². The quantitative estimate of drug-likeness (QED) is 0.710. The van der Waals surface area contributed by atoms with Crippen molar-refractivity contribution in [2.75, 3.05) is 32.8 Å². The first-order valence-corrected chi connectivity index (χ1v) is 9.47. The van der Waals surface area contributed by atoms with Gasteiger partial charge in [0.25, 0.3) is 11.4 Å². The van der Waals surface area contributed by atoms with E-state index < -0.39 is 0 Å². The number of aryl methyl sites for hydroxylation is 2. The summed E-state index contributed by atoms with van der Waals surface area (Å²) in [6.07, 6.45) is 1.19. The highest BCUT2D eigenvalue weighted by Gasteiger charge is 2.25. The van der Waals surface area contributed by atoms with Gasteiger partial charge in [-0.3, -0.25) is 14.2 Å². The molecule has 0 aromatic carbocycles. The molecule has 0 aliphatic carbocycles. The lowest BCUT2D eigenvalue weighted by Crippen LogP contribution is -2.50. The highest BCUT2D eigenvalue weighted by Crippen LogP contribution is 2.12. The fourth-order valence-corrected chi connectivity index (χ4v) is 3.11. The highest BCUT2D eigenvalue weighted by molar-refractivity contribution is 5.76. The Morgan fingerprint density at radius 1 is 1.17 bits per heavy atom. The molecule has 0 atom stereocenters. The molecule has 0 bridgehead atoms. The van der Waals surface area contributed by atoms with Gasteiger partial charge in [-0.05, 0) is 20.8 Å². The molecule has 2 aromatic rings. The predicted molar refractivity (Wildman–Crippen MR) is 101 cm³/mol. The summed E-state index contributed by atoms with van der Waals surface area (Å²) in [6.45, 7) is 7.35. The van der Waals surface area contributed by atoms with Crippen LogP contribution in [-0.2, 0) is 16.1 Å². The minimum Gasteiger partial charge on any atom is -0.450 e. The van der Waals surface area contributed by atoms with Gasteiger partial charge in [0, 0.05) is 45.3 Å². The van der Waals surface area contributed by atoms with Crippen LogP contribution in [0.4, 0.5) is 4.79 Å². The second kappa shape index (κ2) is 8.84. The molecule has 29 heavy (non-hydrogen) atoms. The van der Waals surface area contributed by atoms with Gasteiger partial charge in [0.05, 0.1) is 6.61 Å². The van der Waals surface area contributed by atoms with Gasteiger partial charge in [0.2, 0.25) is 5.91 Å². The highest BCUT2D eigenvalue weighted by atomic mass is 16.6. The summed E-state index contributed by atoms with van der Waals surface area (Å²) >= 11 is 0. The molecule has 2 aromatic heterocycles. The van der Waals surface area contributed by atoms with Crippen molar-refractivity contribution in [1.82, 2.24) is 29.5 Å². The Morgan fingerprint density at radius 3 is 2.48 bits per heavy atom. The van der Waals surface area contributed by atoms with Crippen LogP contribution in [0.25, 0.3) is 11.5 Å². The fraction of sp³-hybridized carbons (Fsp3) is 0.556. The topological polar surface area (TPSA) is 124 Å². The van der Waals surface area contributed by atoms with Crippen LogP contribution >= 0.6 is 0 Å². The van der Waals surface area contributed by atoms with Crippen LogP contribution in [-0.4, -0.2) is 74.3 Å². The number of carbonyl (C=O) groups excluding carboxylic acids is 2. The molecule has 0 spiro atoms. The van der Waals surface area contributed by atoms with Crippen molar-refractivity contribution in [2.45, 2.75) is 33.7 Å². The van der Waals surface area contributed by atoms with E-state index in [1.165, 1.54) is 10.8 Å². The average Bonchev–Trinajstić information content (AvgIpc) is 3.14. The SMILES string of the molecule is CCOC(=O)N1CCN(C(=O)CCn2c(C)ncc(-c3nc(C)no3)c2=O)CC1. The molecule has 0 N–H and O–H groups in total. The van der Waals surface area contributed by atoms with Crippen molar-refractivity contribution in [3.63, 3.8) is 0 Å². The lowest BCUT2D eigenvalue weighted by molar-refractivity contribution is -0.133. The third-order valence-corrected chi connectivity index (χ3v) is 4.71. The van der Waals surface area contributed by atoms with Gasteiger partial charge >= 0.3 is 6.09 Å². The predicted octanol–water partition coefficient (Wildman–Crippen LogP) is 0.601. The van der Waals surface area contributed by atoms with Gasteiger partial charge < -0.3 is 19.1 Å². The van der Waals surface area contributed by atoms with E-state index in [2.05, 4.69) is 15.1 Å². The van der Waals surface area contributed by atoms with Crippen molar-refractivity contribution in [3.8, 4) is 11.5 Å². The number of nitrogens with zero attached hydrogens (tertiary/aromatic N) is 6.